The Kier molecular flexibility index (Phi) is 2.68. The molecule has 1 fully saturated rings. The van der Waals surface area contributed by atoms with Gasteiger partial charge in [0.05, 0.1) is 23.4 Å². The molecule has 2 N–H and O–H groups in total. The number of hydrogen-bond donors (Lipinski definition) is 2. The fraction of sp³-hybridized carbons (Fsp3) is 0.364. The maximum atomic E-state index is 9.18. The summed E-state index contributed by atoms with van der Waals surface area (Å²) in [6, 6.07) is 7.66. The number of aliphatic hydroxyl groups is 1. The van der Waals surface area contributed by atoms with Gasteiger partial charge in [0.2, 0.25) is 0 Å². The summed E-state index contributed by atoms with van der Waals surface area (Å²) < 4.78 is 0.887. The number of aliphatic hydroxyl groups excluding tert-OH is 1. The van der Waals surface area contributed by atoms with Crippen molar-refractivity contribution in [2.75, 3.05) is 11.9 Å². The number of nitriles is 1. The third-order valence-corrected chi connectivity index (χ3v) is 3.15. The Labute approximate surface area is 96.9 Å². The van der Waals surface area contributed by atoms with Crippen LogP contribution in [0.5, 0.6) is 0 Å². The van der Waals surface area contributed by atoms with Crippen molar-refractivity contribution in [3.05, 3.63) is 28.2 Å². The van der Waals surface area contributed by atoms with Gasteiger partial charge < -0.3 is 10.4 Å². The molecule has 1 aromatic carbocycles. The minimum atomic E-state index is -0.181. The Morgan fingerprint density at radius 2 is 2.27 bits per heavy atom. The molecule has 0 amide bonds. The first-order valence-corrected chi connectivity index (χ1v) is 5.57. The molecule has 1 saturated carbocycles. The summed E-state index contributed by atoms with van der Waals surface area (Å²) in [6.07, 6.45) is 1.93. The van der Waals surface area contributed by atoms with Crippen molar-refractivity contribution in [1.82, 2.24) is 0 Å². The smallest absolute Gasteiger partial charge is 0.101 e. The summed E-state index contributed by atoms with van der Waals surface area (Å²) in [5.41, 5.74) is 1.22. The molecule has 0 atom stereocenters. The number of anilines is 1. The zero-order valence-corrected chi connectivity index (χ0v) is 9.71. The molecule has 0 radical (unpaired) electrons. The lowest BCUT2D eigenvalue weighted by Crippen LogP contribution is -2.25. The molecule has 0 spiro atoms. The standard InChI is InChI=1S/C11H11BrN2O/c12-9-1-2-10(8(5-9)6-13)14-11(7-15)3-4-11/h1-2,5,14-15H,3-4,7H2. The van der Waals surface area contributed by atoms with Gasteiger partial charge in [0.1, 0.15) is 6.07 Å². The number of benzene rings is 1. The van der Waals surface area contributed by atoms with Crippen LogP contribution in [-0.4, -0.2) is 17.3 Å². The van der Waals surface area contributed by atoms with Crippen LogP contribution in [0, 0.1) is 11.3 Å². The average molecular weight is 267 g/mol. The normalized spacial score (nSPS) is 16.9. The molecule has 0 aromatic heterocycles. The van der Waals surface area contributed by atoms with Crippen LogP contribution in [0.1, 0.15) is 18.4 Å². The van der Waals surface area contributed by atoms with E-state index in [1.165, 1.54) is 0 Å². The highest BCUT2D eigenvalue weighted by Crippen LogP contribution is 2.39. The summed E-state index contributed by atoms with van der Waals surface area (Å²) in [4.78, 5) is 0. The second-order valence-electron chi connectivity index (χ2n) is 3.87. The summed E-state index contributed by atoms with van der Waals surface area (Å²) >= 11 is 3.32. The van der Waals surface area contributed by atoms with E-state index in [2.05, 4.69) is 27.3 Å². The van der Waals surface area contributed by atoms with Crippen LogP contribution in [0.4, 0.5) is 5.69 Å². The number of hydrogen-bond acceptors (Lipinski definition) is 3. The van der Waals surface area contributed by atoms with E-state index in [1.54, 1.807) is 6.07 Å². The Balaban J connectivity index is 2.25. The first kappa shape index (κ1) is 10.5. The Hall–Kier alpha value is -1.05. The van der Waals surface area contributed by atoms with E-state index in [-0.39, 0.29) is 12.1 Å². The summed E-state index contributed by atoms with van der Waals surface area (Å²) in [5.74, 6) is 0. The molecule has 0 bridgehead atoms. The molecule has 3 nitrogen and oxygen atoms in total. The second kappa shape index (κ2) is 3.84. The minimum absolute atomic E-state index is 0.119. The van der Waals surface area contributed by atoms with Crippen molar-refractivity contribution < 1.29 is 5.11 Å². The second-order valence-corrected chi connectivity index (χ2v) is 4.78. The molecule has 0 aliphatic heterocycles. The third kappa shape index (κ3) is 2.14. The van der Waals surface area contributed by atoms with Crippen molar-refractivity contribution in [3.8, 4) is 6.07 Å². The van der Waals surface area contributed by atoms with Gasteiger partial charge in [-0.2, -0.15) is 5.26 Å². The number of halogens is 1. The first-order valence-electron chi connectivity index (χ1n) is 4.78. The van der Waals surface area contributed by atoms with Crippen molar-refractivity contribution in [3.63, 3.8) is 0 Å². The SMILES string of the molecule is N#Cc1cc(Br)ccc1NC1(CO)CC1. The van der Waals surface area contributed by atoms with Gasteiger partial charge in [-0.25, -0.2) is 0 Å². The highest BCUT2D eigenvalue weighted by Gasteiger charge is 2.42. The number of nitrogens with one attached hydrogen (secondary N) is 1. The quantitative estimate of drug-likeness (QED) is 0.883. The van der Waals surface area contributed by atoms with Crippen molar-refractivity contribution in [2.24, 2.45) is 0 Å². The van der Waals surface area contributed by atoms with Crippen LogP contribution in [0.2, 0.25) is 0 Å². The number of nitrogens with zero attached hydrogens (tertiary/aromatic N) is 1. The predicted octanol–water partition coefficient (Wildman–Crippen LogP) is 2.26. The molecule has 1 aliphatic carbocycles. The molecule has 0 unspecified atom stereocenters. The fourth-order valence-corrected chi connectivity index (χ4v) is 1.84. The molecule has 0 saturated heterocycles. The van der Waals surface area contributed by atoms with Gasteiger partial charge in [-0.05, 0) is 31.0 Å². The highest BCUT2D eigenvalue weighted by atomic mass is 79.9. The lowest BCUT2D eigenvalue weighted by atomic mass is 10.1. The van der Waals surface area contributed by atoms with Crippen molar-refractivity contribution in [1.29, 1.82) is 5.26 Å². The predicted molar refractivity (Wildman–Crippen MR) is 61.5 cm³/mol. The molecule has 78 valence electrons. The average Bonchev–Trinajstić information content (AvgIpc) is 3.01. The third-order valence-electron chi connectivity index (χ3n) is 2.66. The molecule has 2 rings (SSSR count). The van der Waals surface area contributed by atoms with E-state index in [0.717, 1.165) is 23.0 Å². The van der Waals surface area contributed by atoms with Gasteiger partial charge in [-0.3, -0.25) is 0 Å². The molecule has 1 aromatic rings. The maximum absolute atomic E-state index is 9.18. The molecule has 1 aliphatic rings. The van der Waals surface area contributed by atoms with Crippen LogP contribution in [0.15, 0.2) is 22.7 Å². The van der Waals surface area contributed by atoms with E-state index in [0.29, 0.717) is 5.56 Å². The van der Waals surface area contributed by atoms with Gasteiger partial charge in [-0.15, -0.1) is 0 Å². The van der Waals surface area contributed by atoms with Gasteiger partial charge in [0, 0.05) is 4.47 Å². The van der Waals surface area contributed by atoms with E-state index in [1.807, 2.05) is 12.1 Å². The largest absolute Gasteiger partial charge is 0.394 e. The van der Waals surface area contributed by atoms with E-state index in [4.69, 9.17) is 5.26 Å². The zero-order chi connectivity index (χ0) is 10.9. The monoisotopic (exact) mass is 266 g/mol. The summed E-state index contributed by atoms with van der Waals surface area (Å²) in [7, 11) is 0. The van der Waals surface area contributed by atoms with Gasteiger partial charge >= 0.3 is 0 Å². The van der Waals surface area contributed by atoms with Crippen LogP contribution in [0.25, 0.3) is 0 Å². The van der Waals surface area contributed by atoms with Gasteiger partial charge in [0.25, 0.3) is 0 Å². The summed E-state index contributed by atoms with van der Waals surface area (Å²) in [6.45, 7) is 0.119. The zero-order valence-electron chi connectivity index (χ0n) is 8.13. The molecule has 4 heteroatoms. The van der Waals surface area contributed by atoms with Crippen LogP contribution < -0.4 is 5.32 Å². The number of rotatable bonds is 3. The van der Waals surface area contributed by atoms with Crippen LogP contribution in [-0.2, 0) is 0 Å². The van der Waals surface area contributed by atoms with Crippen LogP contribution in [0.3, 0.4) is 0 Å². The van der Waals surface area contributed by atoms with Gasteiger partial charge in [-0.1, -0.05) is 15.9 Å². The van der Waals surface area contributed by atoms with E-state index < -0.39 is 0 Å². The lowest BCUT2D eigenvalue weighted by molar-refractivity contribution is 0.266. The Bertz CT molecular complexity index is 421. The van der Waals surface area contributed by atoms with Gasteiger partial charge in [0.15, 0.2) is 0 Å². The molecule has 0 heterocycles. The summed E-state index contributed by atoms with van der Waals surface area (Å²) in [5, 5.41) is 21.4. The van der Waals surface area contributed by atoms with Crippen LogP contribution >= 0.6 is 15.9 Å². The Morgan fingerprint density at radius 1 is 1.53 bits per heavy atom. The highest BCUT2D eigenvalue weighted by molar-refractivity contribution is 9.10. The molecular formula is C11H11BrN2O. The topological polar surface area (TPSA) is 56.0 Å². The fourth-order valence-electron chi connectivity index (χ4n) is 1.48. The first-order chi connectivity index (χ1) is 7.19. The molecule has 15 heavy (non-hydrogen) atoms. The van der Waals surface area contributed by atoms with E-state index >= 15 is 0 Å². The van der Waals surface area contributed by atoms with Crippen molar-refractivity contribution >= 4 is 21.6 Å². The van der Waals surface area contributed by atoms with Crippen molar-refractivity contribution in [2.45, 2.75) is 18.4 Å². The Morgan fingerprint density at radius 3 is 2.80 bits per heavy atom. The minimum Gasteiger partial charge on any atom is -0.394 e. The lowest BCUT2D eigenvalue weighted by Gasteiger charge is -2.16. The maximum Gasteiger partial charge on any atom is 0.101 e. The van der Waals surface area contributed by atoms with E-state index in [9.17, 15) is 5.11 Å². The molecular weight excluding hydrogens is 256 g/mol.